The zero-order chi connectivity index (χ0) is 11.9. The Morgan fingerprint density at radius 2 is 2.12 bits per heavy atom. The highest BCUT2D eigenvalue weighted by molar-refractivity contribution is 7.86. The van der Waals surface area contributed by atoms with E-state index in [0.29, 0.717) is 11.8 Å². The third kappa shape index (κ3) is 2.09. The Morgan fingerprint density at radius 1 is 1.24 bits per heavy atom. The minimum atomic E-state index is -3.68. The zero-order valence-corrected chi connectivity index (χ0v) is 10.3. The first kappa shape index (κ1) is 11.2. The van der Waals surface area contributed by atoms with Crippen LogP contribution in [-0.4, -0.2) is 19.5 Å². The second kappa shape index (κ2) is 4.07. The Labute approximate surface area is 101 Å². The van der Waals surface area contributed by atoms with Gasteiger partial charge in [-0.15, -0.1) is 0 Å². The first-order valence-electron chi connectivity index (χ1n) is 5.99. The van der Waals surface area contributed by atoms with Crippen LogP contribution in [0.5, 0.6) is 0 Å². The van der Waals surface area contributed by atoms with Crippen LogP contribution in [0.3, 0.4) is 0 Å². The summed E-state index contributed by atoms with van der Waals surface area (Å²) in [5.41, 5.74) is 0. The number of aromatic nitrogens is 1. The van der Waals surface area contributed by atoms with Crippen LogP contribution in [0.2, 0.25) is 0 Å². The maximum atomic E-state index is 12.0. The lowest BCUT2D eigenvalue weighted by atomic mass is 9.98. The molecule has 0 aromatic carbocycles. The summed E-state index contributed by atoms with van der Waals surface area (Å²) in [6.45, 7) is 0. The Morgan fingerprint density at radius 3 is 2.71 bits per heavy atom. The van der Waals surface area contributed by atoms with E-state index in [0.717, 1.165) is 19.3 Å². The van der Waals surface area contributed by atoms with Crippen LogP contribution >= 0.6 is 0 Å². The molecule has 0 saturated heterocycles. The summed E-state index contributed by atoms with van der Waals surface area (Å²) in [5.74, 6) is 1.10. The molecule has 2 fully saturated rings. The summed E-state index contributed by atoms with van der Waals surface area (Å²) < 4.78 is 29.3. The highest BCUT2D eigenvalue weighted by Gasteiger charge is 2.42. The molecule has 0 amide bonds. The number of nitrogens with zero attached hydrogens (tertiary/aromatic N) is 1. The maximum absolute atomic E-state index is 12.0. The van der Waals surface area contributed by atoms with E-state index in [4.69, 9.17) is 4.18 Å². The van der Waals surface area contributed by atoms with Crippen molar-refractivity contribution in [2.45, 2.75) is 36.8 Å². The van der Waals surface area contributed by atoms with Gasteiger partial charge in [0.25, 0.3) is 0 Å². The number of hydrogen-bond acceptors (Lipinski definition) is 4. The molecule has 1 aromatic rings. The molecule has 2 bridgehead atoms. The molecule has 1 heterocycles. The van der Waals surface area contributed by atoms with E-state index in [1.54, 1.807) is 12.1 Å². The molecule has 2 aliphatic rings. The first-order valence-corrected chi connectivity index (χ1v) is 7.40. The van der Waals surface area contributed by atoms with Crippen molar-refractivity contribution >= 4 is 10.1 Å². The molecule has 0 unspecified atom stereocenters. The summed E-state index contributed by atoms with van der Waals surface area (Å²) in [4.78, 5) is 3.84. The first-order chi connectivity index (χ1) is 8.15. The smallest absolute Gasteiger partial charge is 0.262 e. The number of rotatable bonds is 3. The van der Waals surface area contributed by atoms with Crippen LogP contribution in [0, 0.1) is 11.8 Å². The Hall–Kier alpha value is -0.940. The number of pyridine rings is 1. The van der Waals surface area contributed by atoms with Gasteiger partial charge in [-0.05, 0) is 49.7 Å². The van der Waals surface area contributed by atoms with Gasteiger partial charge in [-0.3, -0.25) is 4.18 Å². The van der Waals surface area contributed by atoms with Gasteiger partial charge in [-0.2, -0.15) is 8.42 Å². The molecule has 92 valence electrons. The van der Waals surface area contributed by atoms with Gasteiger partial charge in [0.2, 0.25) is 0 Å². The molecule has 0 N–H and O–H groups in total. The quantitative estimate of drug-likeness (QED) is 0.773. The maximum Gasteiger partial charge on any atom is 0.314 e. The molecule has 2 saturated carbocycles. The van der Waals surface area contributed by atoms with Crippen LogP contribution in [0.25, 0.3) is 0 Å². The van der Waals surface area contributed by atoms with Gasteiger partial charge in [0, 0.05) is 6.20 Å². The molecule has 0 spiro atoms. The largest absolute Gasteiger partial charge is 0.314 e. The van der Waals surface area contributed by atoms with Crippen LogP contribution in [-0.2, 0) is 14.3 Å². The predicted molar refractivity (Wildman–Crippen MR) is 61.7 cm³/mol. The molecule has 0 aliphatic heterocycles. The number of fused-ring (bicyclic) bond motifs is 2. The van der Waals surface area contributed by atoms with E-state index in [2.05, 4.69) is 4.98 Å². The highest BCUT2D eigenvalue weighted by Crippen LogP contribution is 2.46. The molecule has 5 heteroatoms. The average Bonchev–Trinajstić information content (AvgIpc) is 2.91. The van der Waals surface area contributed by atoms with Crippen molar-refractivity contribution in [3.05, 3.63) is 24.4 Å². The summed E-state index contributed by atoms with van der Waals surface area (Å²) in [6.07, 6.45) is 5.69. The van der Waals surface area contributed by atoms with Crippen LogP contribution < -0.4 is 0 Å². The fourth-order valence-electron chi connectivity index (χ4n) is 3.01. The molecular formula is C12H15NO3S. The van der Waals surface area contributed by atoms with E-state index < -0.39 is 10.1 Å². The summed E-state index contributed by atoms with van der Waals surface area (Å²) in [6, 6.07) is 4.82. The van der Waals surface area contributed by atoms with E-state index >= 15 is 0 Å². The molecular weight excluding hydrogens is 238 g/mol. The Kier molecular flexibility index (Phi) is 2.67. The molecule has 4 nitrogen and oxygen atoms in total. The normalized spacial score (nSPS) is 31.9. The van der Waals surface area contributed by atoms with Gasteiger partial charge in [0.15, 0.2) is 5.03 Å². The topological polar surface area (TPSA) is 56.3 Å². The van der Waals surface area contributed by atoms with Gasteiger partial charge < -0.3 is 0 Å². The lowest BCUT2D eigenvalue weighted by molar-refractivity contribution is 0.145. The summed E-state index contributed by atoms with van der Waals surface area (Å²) in [5, 5.41) is 0.0165. The predicted octanol–water partition coefficient (Wildman–Crippen LogP) is 1.98. The van der Waals surface area contributed by atoms with Crippen molar-refractivity contribution < 1.29 is 12.6 Å². The SMILES string of the molecule is O=S(=O)(O[C@@H]1C[C@H]2CC[C@@H]1C2)c1ccccn1. The van der Waals surface area contributed by atoms with Crippen molar-refractivity contribution in [1.29, 1.82) is 0 Å². The second-order valence-electron chi connectivity index (χ2n) is 4.93. The Balaban J connectivity index is 1.77. The van der Waals surface area contributed by atoms with Gasteiger partial charge in [0.1, 0.15) is 0 Å². The molecule has 0 radical (unpaired) electrons. The molecule has 2 aliphatic carbocycles. The van der Waals surface area contributed by atoms with Gasteiger partial charge in [-0.25, -0.2) is 4.98 Å². The van der Waals surface area contributed by atoms with E-state index in [1.807, 2.05) is 0 Å². The molecule has 17 heavy (non-hydrogen) atoms. The standard InChI is InChI=1S/C12H15NO3S/c14-17(15,12-3-1-2-6-13-12)16-11-8-9-4-5-10(11)7-9/h1-3,6,9-11H,4-5,7-8H2/t9-,10+,11+/m0/s1. The fraction of sp³-hybridized carbons (Fsp3) is 0.583. The van der Waals surface area contributed by atoms with E-state index in [-0.39, 0.29) is 11.1 Å². The molecule has 3 rings (SSSR count). The second-order valence-corrected chi connectivity index (χ2v) is 6.45. The lowest BCUT2D eigenvalue weighted by Crippen LogP contribution is -2.24. The van der Waals surface area contributed by atoms with Gasteiger partial charge in [0.05, 0.1) is 6.10 Å². The van der Waals surface area contributed by atoms with Crippen molar-refractivity contribution in [1.82, 2.24) is 4.98 Å². The summed E-state index contributed by atoms with van der Waals surface area (Å²) >= 11 is 0. The minimum absolute atomic E-state index is 0.0165. The van der Waals surface area contributed by atoms with Crippen molar-refractivity contribution in [2.24, 2.45) is 11.8 Å². The van der Waals surface area contributed by atoms with Gasteiger partial charge >= 0.3 is 10.1 Å². The molecule has 1 aromatic heterocycles. The van der Waals surface area contributed by atoms with Crippen LogP contribution in [0.4, 0.5) is 0 Å². The summed E-state index contributed by atoms with van der Waals surface area (Å²) in [7, 11) is -3.68. The van der Waals surface area contributed by atoms with E-state index in [1.165, 1.54) is 18.7 Å². The van der Waals surface area contributed by atoms with Crippen LogP contribution in [0.1, 0.15) is 25.7 Å². The third-order valence-electron chi connectivity index (χ3n) is 3.82. The third-order valence-corrected chi connectivity index (χ3v) is 5.07. The Bertz CT molecular complexity index is 500. The zero-order valence-electron chi connectivity index (χ0n) is 9.45. The van der Waals surface area contributed by atoms with Crippen molar-refractivity contribution in [3.63, 3.8) is 0 Å². The van der Waals surface area contributed by atoms with Crippen LogP contribution in [0.15, 0.2) is 29.4 Å². The number of hydrogen-bond donors (Lipinski definition) is 0. The van der Waals surface area contributed by atoms with Gasteiger partial charge in [-0.1, -0.05) is 6.07 Å². The monoisotopic (exact) mass is 253 g/mol. The van der Waals surface area contributed by atoms with E-state index in [9.17, 15) is 8.42 Å². The molecule has 3 atom stereocenters. The fourth-order valence-corrected chi connectivity index (χ4v) is 4.11. The lowest BCUT2D eigenvalue weighted by Gasteiger charge is -2.21. The van der Waals surface area contributed by atoms with Crippen molar-refractivity contribution in [3.8, 4) is 0 Å². The van der Waals surface area contributed by atoms with Crippen molar-refractivity contribution in [2.75, 3.05) is 0 Å². The minimum Gasteiger partial charge on any atom is -0.262 e. The average molecular weight is 253 g/mol. The highest BCUT2D eigenvalue weighted by atomic mass is 32.2.